The van der Waals surface area contributed by atoms with Gasteiger partial charge in [-0.1, -0.05) is 6.42 Å². The minimum absolute atomic E-state index is 0.462. The fraction of sp³-hybridized carbons (Fsp3) is 0.417. The van der Waals surface area contributed by atoms with Crippen molar-refractivity contribution in [2.45, 2.75) is 32.1 Å². The average molecular weight is 316 g/mol. The van der Waals surface area contributed by atoms with E-state index in [2.05, 4.69) is 28.7 Å². The number of benzene rings is 1. The summed E-state index contributed by atoms with van der Waals surface area (Å²) >= 11 is 2.19. The van der Waals surface area contributed by atoms with Crippen LogP contribution in [0.4, 0.5) is 0 Å². The SMILES string of the molecule is Cc1c(C(=O)O)cc(I)cc1C1CCC1. The average Bonchev–Trinajstić information content (AvgIpc) is 2.07. The zero-order chi connectivity index (χ0) is 11.0. The van der Waals surface area contributed by atoms with E-state index in [-0.39, 0.29) is 0 Å². The van der Waals surface area contributed by atoms with Crippen LogP contribution >= 0.6 is 22.6 Å². The van der Waals surface area contributed by atoms with Crippen LogP contribution in [0, 0.1) is 10.5 Å². The molecule has 0 unspecified atom stereocenters. The minimum Gasteiger partial charge on any atom is -0.478 e. The fourth-order valence-electron chi connectivity index (χ4n) is 2.07. The molecule has 0 bridgehead atoms. The van der Waals surface area contributed by atoms with E-state index in [0.717, 1.165) is 9.13 Å². The molecule has 0 aromatic heterocycles. The highest BCUT2D eigenvalue weighted by molar-refractivity contribution is 14.1. The highest BCUT2D eigenvalue weighted by atomic mass is 127. The topological polar surface area (TPSA) is 37.3 Å². The van der Waals surface area contributed by atoms with Gasteiger partial charge in [0.05, 0.1) is 5.56 Å². The second-order valence-electron chi connectivity index (χ2n) is 4.10. The summed E-state index contributed by atoms with van der Waals surface area (Å²) in [6.45, 7) is 1.92. The molecule has 0 heterocycles. The maximum absolute atomic E-state index is 11.1. The van der Waals surface area contributed by atoms with Gasteiger partial charge in [0.1, 0.15) is 0 Å². The van der Waals surface area contributed by atoms with Crippen molar-refractivity contribution in [3.8, 4) is 0 Å². The third-order valence-corrected chi connectivity index (χ3v) is 3.81. The predicted octanol–water partition coefficient (Wildman–Crippen LogP) is 3.57. The van der Waals surface area contributed by atoms with E-state index >= 15 is 0 Å². The van der Waals surface area contributed by atoms with Crippen LogP contribution in [0.1, 0.15) is 46.7 Å². The molecule has 0 atom stereocenters. The summed E-state index contributed by atoms with van der Waals surface area (Å²) in [7, 11) is 0. The maximum atomic E-state index is 11.1. The number of hydrogen-bond donors (Lipinski definition) is 1. The first kappa shape index (κ1) is 10.9. The molecular weight excluding hydrogens is 303 g/mol. The van der Waals surface area contributed by atoms with Crippen molar-refractivity contribution in [2.75, 3.05) is 0 Å². The standard InChI is InChI=1S/C12H13IO2/c1-7-10(8-3-2-4-8)5-9(13)6-11(7)12(14)15/h5-6,8H,2-4H2,1H3,(H,14,15). The smallest absolute Gasteiger partial charge is 0.335 e. The van der Waals surface area contributed by atoms with Gasteiger partial charge in [-0.15, -0.1) is 0 Å². The van der Waals surface area contributed by atoms with Crippen molar-refractivity contribution in [1.29, 1.82) is 0 Å². The normalized spacial score (nSPS) is 16.1. The van der Waals surface area contributed by atoms with Gasteiger partial charge in [-0.3, -0.25) is 0 Å². The highest BCUT2D eigenvalue weighted by Gasteiger charge is 2.23. The molecule has 0 spiro atoms. The molecule has 80 valence electrons. The molecule has 1 aromatic carbocycles. The Bertz CT molecular complexity index is 408. The Morgan fingerprint density at radius 1 is 1.47 bits per heavy atom. The summed E-state index contributed by atoms with van der Waals surface area (Å²) in [5.74, 6) is -0.218. The zero-order valence-electron chi connectivity index (χ0n) is 8.59. The lowest BCUT2D eigenvalue weighted by atomic mass is 9.77. The Morgan fingerprint density at radius 2 is 2.13 bits per heavy atom. The quantitative estimate of drug-likeness (QED) is 0.847. The van der Waals surface area contributed by atoms with Gasteiger partial charge >= 0.3 is 5.97 Å². The van der Waals surface area contributed by atoms with Crippen LogP contribution in [0.2, 0.25) is 0 Å². The van der Waals surface area contributed by atoms with Gasteiger partial charge in [0, 0.05) is 3.57 Å². The monoisotopic (exact) mass is 316 g/mol. The first-order chi connectivity index (χ1) is 7.09. The first-order valence-electron chi connectivity index (χ1n) is 5.13. The van der Waals surface area contributed by atoms with Crippen LogP contribution in [-0.4, -0.2) is 11.1 Å². The molecule has 0 saturated heterocycles. The van der Waals surface area contributed by atoms with E-state index in [1.54, 1.807) is 6.07 Å². The van der Waals surface area contributed by atoms with E-state index in [9.17, 15) is 4.79 Å². The van der Waals surface area contributed by atoms with E-state index in [1.165, 1.54) is 24.8 Å². The summed E-state index contributed by atoms with van der Waals surface area (Å²) < 4.78 is 1.03. The molecule has 0 aliphatic heterocycles. The number of carboxylic acids is 1. The maximum Gasteiger partial charge on any atom is 0.335 e. The molecule has 2 rings (SSSR count). The first-order valence-corrected chi connectivity index (χ1v) is 6.21. The van der Waals surface area contributed by atoms with Crippen molar-refractivity contribution < 1.29 is 9.90 Å². The Balaban J connectivity index is 2.49. The van der Waals surface area contributed by atoms with Crippen LogP contribution in [0.3, 0.4) is 0 Å². The third-order valence-electron chi connectivity index (χ3n) is 3.19. The molecule has 2 nitrogen and oxygen atoms in total. The molecule has 0 amide bonds. The lowest BCUT2D eigenvalue weighted by Gasteiger charge is -2.28. The molecule has 3 heteroatoms. The van der Waals surface area contributed by atoms with Crippen LogP contribution < -0.4 is 0 Å². The molecule has 1 aromatic rings. The molecule has 1 saturated carbocycles. The number of carbonyl (C=O) groups is 1. The predicted molar refractivity (Wildman–Crippen MR) is 67.4 cm³/mol. The number of rotatable bonds is 2. The molecule has 1 aliphatic rings. The van der Waals surface area contributed by atoms with Gasteiger partial charge in [0.15, 0.2) is 0 Å². The number of halogens is 1. The zero-order valence-corrected chi connectivity index (χ0v) is 10.7. The van der Waals surface area contributed by atoms with Crippen molar-refractivity contribution in [3.05, 3.63) is 32.4 Å². The van der Waals surface area contributed by atoms with Gasteiger partial charge in [-0.05, 0) is 71.5 Å². The van der Waals surface area contributed by atoms with Crippen molar-refractivity contribution in [3.63, 3.8) is 0 Å². The van der Waals surface area contributed by atoms with E-state index in [0.29, 0.717) is 11.5 Å². The summed E-state index contributed by atoms with van der Waals surface area (Å²) in [4.78, 5) is 11.1. The molecule has 1 fully saturated rings. The van der Waals surface area contributed by atoms with Gasteiger partial charge in [-0.25, -0.2) is 4.79 Å². The molecule has 1 aliphatic carbocycles. The van der Waals surface area contributed by atoms with Crippen LogP contribution in [-0.2, 0) is 0 Å². The second-order valence-corrected chi connectivity index (χ2v) is 5.35. The number of aromatic carboxylic acids is 1. The van der Waals surface area contributed by atoms with Gasteiger partial charge in [-0.2, -0.15) is 0 Å². The third kappa shape index (κ3) is 2.02. The van der Waals surface area contributed by atoms with Crippen molar-refractivity contribution >= 4 is 28.6 Å². The van der Waals surface area contributed by atoms with E-state index < -0.39 is 5.97 Å². The second kappa shape index (κ2) is 4.12. The van der Waals surface area contributed by atoms with E-state index in [4.69, 9.17) is 5.11 Å². The fourth-order valence-corrected chi connectivity index (χ4v) is 2.71. The molecule has 15 heavy (non-hydrogen) atoms. The van der Waals surface area contributed by atoms with Gasteiger partial charge < -0.3 is 5.11 Å². The van der Waals surface area contributed by atoms with Crippen LogP contribution in [0.5, 0.6) is 0 Å². The van der Waals surface area contributed by atoms with Crippen molar-refractivity contribution in [2.24, 2.45) is 0 Å². The lowest BCUT2D eigenvalue weighted by molar-refractivity contribution is 0.0696. The summed E-state index contributed by atoms with van der Waals surface area (Å²) in [5.41, 5.74) is 2.65. The number of carboxylic acid groups (broad SMARTS) is 1. The highest BCUT2D eigenvalue weighted by Crippen LogP contribution is 2.39. The van der Waals surface area contributed by atoms with E-state index in [1.807, 2.05) is 6.92 Å². The Hall–Kier alpha value is -0.580. The largest absolute Gasteiger partial charge is 0.478 e. The van der Waals surface area contributed by atoms with Crippen LogP contribution in [0.25, 0.3) is 0 Å². The Kier molecular flexibility index (Phi) is 3.00. The minimum atomic E-state index is -0.813. The van der Waals surface area contributed by atoms with Crippen molar-refractivity contribution in [1.82, 2.24) is 0 Å². The summed E-state index contributed by atoms with van der Waals surface area (Å²) in [5, 5.41) is 9.08. The van der Waals surface area contributed by atoms with Gasteiger partial charge in [0.25, 0.3) is 0 Å². The Labute approximate surface area is 103 Å². The van der Waals surface area contributed by atoms with Gasteiger partial charge in [0.2, 0.25) is 0 Å². The molecule has 0 radical (unpaired) electrons. The van der Waals surface area contributed by atoms with Crippen LogP contribution in [0.15, 0.2) is 12.1 Å². The Morgan fingerprint density at radius 3 is 2.60 bits per heavy atom. The molecular formula is C12H13IO2. The number of hydrogen-bond acceptors (Lipinski definition) is 1. The summed E-state index contributed by atoms with van der Waals surface area (Å²) in [6, 6.07) is 3.88. The molecule has 1 N–H and O–H groups in total. The summed E-state index contributed by atoms with van der Waals surface area (Å²) in [6.07, 6.45) is 3.69. The lowest BCUT2D eigenvalue weighted by Crippen LogP contribution is -2.13.